The third kappa shape index (κ3) is 6.36. The van der Waals surface area contributed by atoms with Crippen LogP contribution in [0.1, 0.15) is 16.8 Å². The fourth-order valence-electron chi connectivity index (χ4n) is 5.12. The Hall–Kier alpha value is -3.27. The van der Waals surface area contributed by atoms with Crippen LogP contribution >= 0.6 is 0 Å². The molecule has 0 bridgehead atoms. The molecule has 4 rings (SSSR count). The van der Waals surface area contributed by atoms with Gasteiger partial charge in [-0.15, -0.1) is 0 Å². The summed E-state index contributed by atoms with van der Waals surface area (Å²) in [4.78, 5) is 43.1. The van der Waals surface area contributed by atoms with Crippen LogP contribution in [-0.4, -0.2) is 105 Å². The van der Waals surface area contributed by atoms with Crippen molar-refractivity contribution < 1.29 is 24.2 Å². The number of nitrogens with zero attached hydrogens (tertiary/aromatic N) is 3. The predicted octanol–water partition coefficient (Wildman–Crippen LogP) is 1.26. The van der Waals surface area contributed by atoms with Crippen LogP contribution < -0.4 is 10.2 Å². The van der Waals surface area contributed by atoms with Crippen molar-refractivity contribution in [3.8, 4) is 11.1 Å². The van der Waals surface area contributed by atoms with Crippen LogP contribution in [0.3, 0.4) is 0 Å². The number of hydrogen-bond donors (Lipinski definition) is 2. The summed E-state index contributed by atoms with van der Waals surface area (Å²) in [7, 11) is 2.76. The summed E-state index contributed by atoms with van der Waals surface area (Å²) < 4.78 is 5.46. The van der Waals surface area contributed by atoms with Crippen LogP contribution in [0, 0.1) is 5.92 Å². The molecule has 2 atom stereocenters. The van der Waals surface area contributed by atoms with Crippen molar-refractivity contribution in [3.63, 3.8) is 0 Å². The van der Waals surface area contributed by atoms with E-state index in [4.69, 9.17) is 4.74 Å². The molecule has 2 aliphatic rings. The molecule has 198 valence electrons. The molecule has 0 aliphatic carbocycles. The number of carbonyl (C=O) groups is 3. The Labute approximate surface area is 218 Å². The summed E-state index contributed by atoms with van der Waals surface area (Å²) in [6, 6.07) is 14.2. The SMILES string of the molecule is CNC(=O)C(C(=O)CO)N(C)C(=O)c1ccc(-c2ccc(N3CCC(CN4CCOCC4)C3)cc2)cc1. The Bertz CT molecular complexity index is 1070. The largest absolute Gasteiger partial charge is 0.388 e. The molecule has 2 aromatic carbocycles. The van der Waals surface area contributed by atoms with Crippen molar-refractivity contribution in [3.05, 3.63) is 54.1 Å². The van der Waals surface area contributed by atoms with Crippen LogP contribution in [0.2, 0.25) is 0 Å². The van der Waals surface area contributed by atoms with Gasteiger partial charge in [0.05, 0.1) is 13.2 Å². The maximum atomic E-state index is 12.9. The van der Waals surface area contributed by atoms with E-state index in [1.807, 2.05) is 12.1 Å². The van der Waals surface area contributed by atoms with E-state index in [1.54, 1.807) is 12.1 Å². The highest BCUT2D eigenvalue weighted by Crippen LogP contribution is 2.28. The van der Waals surface area contributed by atoms with E-state index in [0.717, 1.165) is 62.0 Å². The number of ether oxygens (including phenoxy) is 1. The van der Waals surface area contributed by atoms with E-state index < -0.39 is 30.2 Å². The van der Waals surface area contributed by atoms with Crippen molar-refractivity contribution in [1.29, 1.82) is 0 Å². The number of carbonyl (C=O) groups excluding carboxylic acids is 3. The van der Waals surface area contributed by atoms with Crippen LogP contribution in [0.25, 0.3) is 11.1 Å². The molecule has 2 heterocycles. The molecule has 2 aliphatic heterocycles. The molecule has 2 unspecified atom stereocenters. The lowest BCUT2D eigenvalue weighted by atomic mass is 10.0. The first-order chi connectivity index (χ1) is 17.9. The Balaban J connectivity index is 1.37. The van der Waals surface area contributed by atoms with Gasteiger partial charge in [-0.2, -0.15) is 0 Å². The van der Waals surface area contributed by atoms with E-state index in [9.17, 15) is 19.5 Å². The Morgan fingerprint density at radius 1 is 1.03 bits per heavy atom. The minimum atomic E-state index is -1.38. The van der Waals surface area contributed by atoms with E-state index in [-0.39, 0.29) is 0 Å². The van der Waals surface area contributed by atoms with Crippen molar-refractivity contribution in [2.24, 2.45) is 5.92 Å². The molecule has 9 nitrogen and oxygen atoms in total. The summed E-state index contributed by atoms with van der Waals surface area (Å²) in [6.07, 6.45) is 1.20. The smallest absolute Gasteiger partial charge is 0.254 e. The summed E-state index contributed by atoms with van der Waals surface area (Å²) >= 11 is 0. The lowest BCUT2D eigenvalue weighted by Gasteiger charge is -2.29. The fourth-order valence-corrected chi connectivity index (χ4v) is 5.12. The lowest BCUT2D eigenvalue weighted by Crippen LogP contribution is -2.52. The number of Topliss-reactive ketones (excluding diaryl/α,β-unsaturated/α-hetero) is 1. The van der Waals surface area contributed by atoms with Gasteiger partial charge in [0.25, 0.3) is 5.91 Å². The first-order valence-corrected chi connectivity index (χ1v) is 12.8. The minimum Gasteiger partial charge on any atom is -0.388 e. The number of nitrogens with one attached hydrogen (secondary N) is 1. The quantitative estimate of drug-likeness (QED) is 0.492. The maximum Gasteiger partial charge on any atom is 0.254 e. The number of rotatable bonds is 9. The zero-order valence-electron chi connectivity index (χ0n) is 21.6. The zero-order chi connectivity index (χ0) is 26.4. The second-order valence-corrected chi connectivity index (χ2v) is 9.70. The number of amides is 2. The number of anilines is 1. The van der Waals surface area contributed by atoms with Gasteiger partial charge in [-0.3, -0.25) is 19.3 Å². The molecule has 37 heavy (non-hydrogen) atoms. The van der Waals surface area contributed by atoms with E-state index >= 15 is 0 Å². The molecule has 2 saturated heterocycles. The van der Waals surface area contributed by atoms with Crippen molar-refractivity contribution in [2.75, 3.05) is 71.5 Å². The number of hydrogen-bond acceptors (Lipinski definition) is 7. The van der Waals surface area contributed by atoms with Crippen LogP contribution in [0.5, 0.6) is 0 Å². The number of benzene rings is 2. The number of aliphatic hydroxyl groups excluding tert-OH is 1. The molecule has 0 radical (unpaired) electrons. The normalized spacial score (nSPS) is 18.9. The second-order valence-electron chi connectivity index (χ2n) is 9.70. The van der Waals surface area contributed by atoms with Gasteiger partial charge in [-0.05, 0) is 47.7 Å². The van der Waals surface area contributed by atoms with Gasteiger partial charge in [0, 0.05) is 58.1 Å². The van der Waals surface area contributed by atoms with Gasteiger partial charge in [0.2, 0.25) is 5.91 Å². The molecule has 2 aromatic rings. The van der Waals surface area contributed by atoms with E-state index in [1.165, 1.54) is 26.2 Å². The van der Waals surface area contributed by atoms with Gasteiger partial charge < -0.3 is 25.0 Å². The summed E-state index contributed by atoms with van der Waals surface area (Å²) in [5.74, 6) is -1.18. The van der Waals surface area contributed by atoms with Gasteiger partial charge in [-0.25, -0.2) is 0 Å². The zero-order valence-corrected chi connectivity index (χ0v) is 21.6. The minimum absolute atomic E-state index is 0.353. The van der Waals surface area contributed by atoms with Gasteiger partial charge in [0.15, 0.2) is 11.8 Å². The maximum absolute atomic E-state index is 12.9. The molecule has 9 heteroatoms. The average Bonchev–Trinajstić information content (AvgIpc) is 3.41. The van der Waals surface area contributed by atoms with Crippen molar-refractivity contribution in [1.82, 2.24) is 15.1 Å². The second kappa shape index (κ2) is 12.3. The van der Waals surface area contributed by atoms with Crippen molar-refractivity contribution in [2.45, 2.75) is 12.5 Å². The lowest BCUT2D eigenvalue weighted by molar-refractivity contribution is -0.135. The number of ketones is 1. The van der Waals surface area contributed by atoms with E-state index in [0.29, 0.717) is 11.5 Å². The topological polar surface area (TPSA) is 102 Å². The summed E-state index contributed by atoms with van der Waals surface area (Å²) in [5.41, 5.74) is 3.58. The molecule has 0 saturated carbocycles. The van der Waals surface area contributed by atoms with Gasteiger partial charge in [-0.1, -0.05) is 24.3 Å². The third-order valence-corrected chi connectivity index (χ3v) is 7.27. The highest BCUT2D eigenvalue weighted by molar-refractivity contribution is 6.10. The standard InChI is InChI=1S/C28H36N4O5/c1-29-27(35)26(25(34)19-33)30(2)28(36)23-5-3-21(4-6-23)22-7-9-24(10-8-22)32-12-11-20(18-32)17-31-13-15-37-16-14-31/h3-10,20,26,33H,11-19H2,1-2H3,(H,29,35). The molecule has 2 amide bonds. The molecule has 0 aromatic heterocycles. The number of aliphatic hydroxyl groups is 1. The Morgan fingerprint density at radius 3 is 2.24 bits per heavy atom. The molecule has 0 spiro atoms. The monoisotopic (exact) mass is 508 g/mol. The van der Waals surface area contributed by atoms with Crippen LogP contribution in [0.4, 0.5) is 5.69 Å². The molecule has 2 N–H and O–H groups in total. The third-order valence-electron chi connectivity index (χ3n) is 7.27. The Morgan fingerprint density at radius 2 is 1.65 bits per heavy atom. The summed E-state index contributed by atoms with van der Waals surface area (Å²) in [5, 5.41) is 11.6. The molecular weight excluding hydrogens is 472 g/mol. The fraction of sp³-hybridized carbons (Fsp3) is 0.464. The van der Waals surface area contributed by atoms with Gasteiger partial charge in [0.1, 0.15) is 6.61 Å². The number of morpholine rings is 1. The Kier molecular flexibility index (Phi) is 8.91. The summed E-state index contributed by atoms with van der Waals surface area (Å²) in [6.45, 7) is 6.17. The average molecular weight is 509 g/mol. The molecule has 2 fully saturated rings. The van der Waals surface area contributed by atoms with Crippen LogP contribution in [0.15, 0.2) is 48.5 Å². The first-order valence-electron chi connectivity index (χ1n) is 12.8. The predicted molar refractivity (Wildman–Crippen MR) is 141 cm³/mol. The van der Waals surface area contributed by atoms with E-state index in [2.05, 4.69) is 39.4 Å². The van der Waals surface area contributed by atoms with Crippen molar-refractivity contribution >= 4 is 23.3 Å². The van der Waals surface area contributed by atoms with Crippen LogP contribution in [-0.2, 0) is 14.3 Å². The number of likely N-dealkylation sites (N-methyl/N-ethyl adjacent to an activating group) is 2. The van der Waals surface area contributed by atoms with Gasteiger partial charge >= 0.3 is 0 Å². The highest BCUT2D eigenvalue weighted by atomic mass is 16.5. The molecular formula is C28H36N4O5. The highest BCUT2D eigenvalue weighted by Gasteiger charge is 2.32. The first kappa shape index (κ1) is 26.8.